The van der Waals surface area contributed by atoms with Gasteiger partial charge in [-0.2, -0.15) is 0 Å². The number of carbonyl (C=O) groups excluding carboxylic acids is 4. The van der Waals surface area contributed by atoms with E-state index >= 15 is 0 Å². The first-order valence-electron chi connectivity index (χ1n) is 5.07. The fraction of sp³-hybridized carbons (Fsp3) is 0.667. The Morgan fingerprint density at radius 2 is 0.750 bits per heavy atom. The molecular weight excluding hydrogens is 208 g/mol. The lowest BCUT2D eigenvalue weighted by atomic mass is 9.82. The molecule has 0 aromatic heterocycles. The van der Waals surface area contributed by atoms with Crippen LogP contribution in [-0.4, -0.2) is 23.1 Å². The molecule has 90 valence electrons. The summed E-state index contributed by atoms with van der Waals surface area (Å²) in [6, 6.07) is 0. The first-order valence-corrected chi connectivity index (χ1v) is 5.07. The summed E-state index contributed by atoms with van der Waals surface area (Å²) in [5, 5.41) is 0. The van der Waals surface area contributed by atoms with E-state index in [1.807, 2.05) is 0 Å². The standard InChI is InChI=1S/C12H18O4/c1-11(2,3)9(15)7(13)8(14)10(16)12(4,5)6/h1-6H3. The molecule has 0 amide bonds. The van der Waals surface area contributed by atoms with Gasteiger partial charge in [0.15, 0.2) is 0 Å². The Morgan fingerprint density at radius 3 is 0.875 bits per heavy atom. The number of rotatable bonds is 3. The van der Waals surface area contributed by atoms with Gasteiger partial charge in [-0.3, -0.25) is 19.2 Å². The molecule has 0 aliphatic carbocycles. The molecule has 4 nitrogen and oxygen atoms in total. The zero-order valence-electron chi connectivity index (χ0n) is 10.6. The van der Waals surface area contributed by atoms with Gasteiger partial charge in [-0.15, -0.1) is 0 Å². The van der Waals surface area contributed by atoms with E-state index < -0.39 is 34.0 Å². The highest BCUT2D eigenvalue weighted by Crippen LogP contribution is 2.19. The fourth-order valence-electron chi connectivity index (χ4n) is 0.887. The lowest BCUT2D eigenvalue weighted by Gasteiger charge is -2.17. The minimum atomic E-state index is -1.22. The summed E-state index contributed by atoms with van der Waals surface area (Å²) in [5.74, 6) is -4.08. The third kappa shape index (κ3) is 3.36. The van der Waals surface area contributed by atoms with Crippen molar-refractivity contribution in [2.24, 2.45) is 10.8 Å². The van der Waals surface area contributed by atoms with Crippen molar-refractivity contribution in [3.63, 3.8) is 0 Å². The molecule has 0 atom stereocenters. The van der Waals surface area contributed by atoms with E-state index in [1.54, 1.807) is 0 Å². The summed E-state index contributed by atoms with van der Waals surface area (Å²) in [7, 11) is 0. The molecule has 0 aliphatic heterocycles. The van der Waals surface area contributed by atoms with Crippen LogP contribution in [0.2, 0.25) is 0 Å². The van der Waals surface area contributed by atoms with E-state index in [4.69, 9.17) is 0 Å². The molecule has 0 spiro atoms. The van der Waals surface area contributed by atoms with Crippen LogP contribution in [0.25, 0.3) is 0 Å². The first kappa shape index (κ1) is 14.7. The molecule has 0 bridgehead atoms. The molecule has 0 heterocycles. The van der Waals surface area contributed by atoms with Gasteiger partial charge >= 0.3 is 0 Å². The lowest BCUT2D eigenvalue weighted by Crippen LogP contribution is -2.41. The zero-order valence-corrected chi connectivity index (χ0v) is 10.6. The molecule has 0 saturated heterocycles. The highest BCUT2D eigenvalue weighted by Gasteiger charge is 2.39. The molecule has 0 aromatic carbocycles. The number of hydrogen-bond donors (Lipinski definition) is 0. The minimum Gasteiger partial charge on any atom is -0.290 e. The number of hydrogen-bond acceptors (Lipinski definition) is 4. The Kier molecular flexibility index (Phi) is 3.92. The van der Waals surface area contributed by atoms with E-state index in [-0.39, 0.29) is 0 Å². The smallest absolute Gasteiger partial charge is 0.272 e. The molecular formula is C12H18O4. The minimum absolute atomic E-state index is 0.824. The van der Waals surface area contributed by atoms with Crippen LogP contribution in [0.5, 0.6) is 0 Å². The molecule has 0 aliphatic rings. The Labute approximate surface area is 95.4 Å². The fourth-order valence-corrected chi connectivity index (χ4v) is 0.887. The van der Waals surface area contributed by atoms with E-state index in [0.29, 0.717) is 0 Å². The van der Waals surface area contributed by atoms with E-state index in [0.717, 1.165) is 0 Å². The molecule has 4 heteroatoms. The topological polar surface area (TPSA) is 68.3 Å². The van der Waals surface area contributed by atoms with Gasteiger partial charge in [-0.1, -0.05) is 41.5 Å². The molecule has 0 saturated carbocycles. The highest BCUT2D eigenvalue weighted by molar-refractivity contribution is 6.78. The van der Waals surface area contributed by atoms with Crippen molar-refractivity contribution in [3.8, 4) is 0 Å². The van der Waals surface area contributed by atoms with Crippen molar-refractivity contribution >= 4 is 23.1 Å². The van der Waals surface area contributed by atoms with Gasteiger partial charge in [-0.25, -0.2) is 0 Å². The first-order chi connectivity index (χ1) is 6.89. The molecule has 0 radical (unpaired) electrons. The maximum Gasteiger partial charge on any atom is 0.272 e. The maximum absolute atomic E-state index is 11.5. The predicted octanol–water partition coefficient (Wildman–Crippen LogP) is 1.35. The summed E-state index contributed by atoms with van der Waals surface area (Å²) in [5.41, 5.74) is -1.88. The van der Waals surface area contributed by atoms with Crippen LogP contribution in [0, 0.1) is 10.8 Å². The molecule has 0 N–H and O–H groups in total. The molecule has 0 fully saturated rings. The average molecular weight is 226 g/mol. The van der Waals surface area contributed by atoms with Crippen LogP contribution >= 0.6 is 0 Å². The molecule has 0 rings (SSSR count). The van der Waals surface area contributed by atoms with Crippen molar-refractivity contribution < 1.29 is 19.2 Å². The summed E-state index contributed by atoms with van der Waals surface area (Å²) in [4.78, 5) is 45.9. The second-order valence-corrected chi connectivity index (χ2v) is 5.82. The van der Waals surface area contributed by atoms with Crippen molar-refractivity contribution in [1.82, 2.24) is 0 Å². The van der Waals surface area contributed by atoms with E-state index in [2.05, 4.69) is 0 Å². The zero-order chi connectivity index (χ0) is 13.3. The predicted molar refractivity (Wildman–Crippen MR) is 58.9 cm³/mol. The van der Waals surface area contributed by atoms with Crippen molar-refractivity contribution in [2.45, 2.75) is 41.5 Å². The maximum atomic E-state index is 11.5. The number of carbonyl (C=O) groups is 4. The van der Waals surface area contributed by atoms with E-state index in [1.165, 1.54) is 41.5 Å². The summed E-state index contributed by atoms with van der Waals surface area (Å²) in [6.07, 6.45) is 0. The van der Waals surface area contributed by atoms with Crippen LogP contribution in [-0.2, 0) is 19.2 Å². The molecule has 0 unspecified atom stereocenters. The summed E-state index contributed by atoms with van der Waals surface area (Å²) < 4.78 is 0. The third-order valence-electron chi connectivity index (χ3n) is 1.98. The van der Waals surface area contributed by atoms with Crippen LogP contribution in [0.1, 0.15) is 41.5 Å². The Bertz CT molecular complexity index is 314. The monoisotopic (exact) mass is 226 g/mol. The van der Waals surface area contributed by atoms with Gasteiger partial charge in [0.25, 0.3) is 11.6 Å². The normalized spacial score (nSPS) is 12.1. The third-order valence-corrected chi connectivity index (χ3v) is 1.98. The highest BCUT2D eigenvalue weighted by atomic mass is 16.2. The Hall–Kier alpha value is -1.32. The van der Waals surface area contributed by atoms with Crippen LogP contribution < -0.4 is 0 Å². The second kappa shape index (κ2) is 4.28. The SMILES string of the molecule is CC(C)(C)C(=O)C(=O)C(=O)C(=O)C(C)(C)C. The van der Waals surface area contributed by atoms with Gasteiger partial charge in [-0.05, 0) is 0 Å². The van der Waals surface area contributed by atoms with Gasteiger partial charge in [0.1, 0.15) is 0 Å². The summed E-state index contributed by atoms with van der Waals surface area (Å²) >= 11 is 0. The Balaban J connectivity index is 5.00. The second-order valence-electron chi connectivity index (χ2n) is 5.82. The summed E-state index contributed by atoms with van der Waals surface area (Å²) in [6.45, 7) is 9.18. The Morgan fingerprint density at radius 1 is 0.562 bits per heavy atom. The quantitative estimate of drug-likeness (QED) is 0.538. The van der Waals surface area contributed by atoms with Crippen molar-refractivity contribution in [1.29, 1.82) is 0 Å². The van der Waals surface area contributed by atoms with Crippen molar-refractivity contribution in [3.05, 3.63) is 0 Å². The van der Waals surface area contributed by atoms with Gasteiger partial charge in [0.2, 0.25) is 11.6 Å². The van der Waals surface area contributed by atoms with Gasteiger partial charge in [0, 0.05) is 10.8 Å². The van der Waals surface area contributed by atoms with Crippen LogP contribution in [0.15, 0.2) is 0 Å². The van der Waals surface area contributed by atoms with Crippen LogP contribution in [0.3, 0.4) is 0 Å². The van der Waals surface area contributed by atoms with Crippen molar-refractivity contribution in [2.75, 3.05) is 0 Å². The molecule has 16 heavy (non-hydrogen) atoms. The van der Waals surface area contributed by atoms with Gasteiger partial charge < -0.3 is 0 Å². The van der Waals surface area contributed by atoms with E-state index in [9.17, 15) is 19.2 Å². The number of ketones is 4. The number of Topliss-reactive ketones (excluding diaryl/α,β-unsaturated/α-hetero) is 4. The lowest BCUT2D eigenvalue weighted by molar-refractivity contribution is -0.152. The average Bonchev–Trinajstić information content (AvgIpc) is 2.10. The van der Waals surface area contributed by atoms with Gasteiger partial charge in [0.05, 0.1) is 0 Å². The van der Waals surface area contributed by atoms with Crippen LogP contribution in [0.4, 0.5) is 0 Å². The largest absolute Gasteiger partial charge is 0.290 e. The molecule has 0 aromatic rings.